The normalized spacial score (nSPS) is 24.0. The molecular formula is C21H24O2. The predicted molar refractivity (Wildman–Crippen MR) is 92.0 cm³/mol. The van der Waals surface area contributed by atoms with E-state index in [1.54, 1.807) is 0 Å². The van der Waals surface area contributed by atoms with Crippen LogP contribution < -0.4 is 0 Å². The summed E-state index contributed by atoms with van der Waals surface area (Å²) in [6.07, 6.45) is 1.76. The van der Waals surface area contributed by atoms with Crippen molar-refractivity contribution in [3.63, 3.8) is 0 Å². The van der Waals surface area contributed by atoms with Crippen molar-refractivity contribution in [3.05, 3.63) is 71.8 Å². The molecule has 120 valence electrons. The van der Waals surface area contributed by atoms with Crippen molar-refractivity contribution in [1.29, 1.82) is 0 Å². The fourth-order valence-corrected chi connectivity index (χ4v) is 3.45. The molecule has 1 heterocycles. The molecule has 3 rings (SSSR count). The Kier molecular flexibility index (Phi) is 4.80. The predicted octanol–water partition coefficient (Wildman–Crippen LogP) is 5.12. The van der Waals surface area contributed by atoms with Crippen LogP contribution in [-0.2, 0) is 9.53 Å². The first-order valence-electron chi connectivity index (χ1n) is 8.47. The third kappa shape index (κ3) is 3.47. The van der Waals surface area contributed by atoms with E-state index in [9.17, 15) is 4.79 Å². The van der Waals surface area contributed by atoms with Crippen LogP contribution in [0, 0.1) is 11.8 Å². The first-order chi connectivity index (χ1) is 11.2. The number of carbonyl (C=O) groups excluding carboxylic acids is 1. The van der Waals surface area contributed by atoms with Crippen LogP contribution in [0.15, 0.2) is 60.7 Å². The molecular weight excluding hydrogens is 284 g/mol. The minimum Gasteiger partial charge on any atom is -0.457 e. The Labute approximate surface area is 138 Å². The second-order valence-corrected chi connectivity index (χ2v) is 6.78. The van der Waals surface area contributed by atoms with Crippen molar-refractivity contribution in [2.75, 3.05) is 0 Å². The Bertz CT molecular complexity index is 633. The van der Waals surface area contributed by atoms with Gasteiger partial charge in [-0.05, 0) is 23.5 Å². The molecule has 0 spiro atoms. The van der Waals surface area contributed by atoms with E-state index in [1.807, 2.05) is 36.4 Å². The Morgan fingerprint density at radius 2 is 1.48 bits per heavy atom. The highest BCUT2D eigenvalue weighted by Gasteiger charge is 2.45. The number of carbonyl (C=O) groups is 1. The highest BCUT2D eigenvalue weighted by molar-refractivity contribution is 5.77. The maximum atomic E-state index is 12.5. The number of benzene rings is 2. The number of ether oxygens (including phenoxy) is 1. The fraction of sp³-hybridized carbons (Fsp3) is 0.381. The van der Waals surface area contributed by atoms with Crippen molar-refractivity contribution < 1.29 is 9.53 Å². The second kappa shape index (κ2) is 6.99. The number of hydrogen-bond acceptors (Lipinski definition) is 2. The number of rotatable bonds is 5. The van der Waals surface area contributed by atoms with Gasteiger partial charge in [-0.2, -0.15) is 0 Å². The van der Waals surface area contributed by atoms with Crippen LogP contribution in [0.25, 0.3) is 0 Å². The Morgan fingerprint density at radius 1 is 0.913 bits per heavy atom. The molecule has 1 aliphatic rings. The minimum absolute atomic E-state index is 0.0478. The summed E-state index contributed by atoms with van der Waals surface area (Å²) in [6.45, 7) is 4.40. The number of cyclic esters (lactones) is 1. The van der Waals surface area contributed by atoms with Gasteiger partial charge in [-0.15, -0.1) is 0 Å². The SMILES string of the molecule is CC(C)CC[C@H]1C(=O)O[C@@H](c2ccccc2)[C@H]1c1ccccc1. The summed E-state index contributed by atoms with van der Waals surface area (Å²) in [7, 11) is 0. The van der Waals surface area contributed by atoms with Gasteiger partial charge in [0, 0.05) is 5.92 Å². The average Bonchev–Trinajstić information content (AvgIpc) is 2.91. The Hall–Kier alpha value is -2.09. The molecule has 0 aliphatic carbocycles. The lowest BCUT2D eigenvalue weighted by atomic mass is 9.79. The van der Waals surface area contributed by atoms with Crippen molar-refractivity contribution in [3.8, 4) is 0 Å². The molecule has 0 aromatic heterocycles. The van der Waals surface area contributed by atoms with Crippen molar-refractivity contribution >= 4 is 5.97 Å². The lowest BCUT2D eigenvalue weighted by Gasteiger charge is -2.22. The molecule has 1 fully saturated rings. The van der Waals surface area contributed by atoms with Gasteiger partial charge in [0.25, 0.3) is 0 Å². The van der Waals surface area contributed by atoms with Gasteiger partial charge in [0.2, 0.25) is 0 Å². The Balaban J connectivity index is 1.94. The summed E-state index contributed by atoms with van der Waals surface area (Å²) in [5.74, 6) is 0.596. The summed E-state index contributed by atoms with van der Waals surface area (Å²) in [6, 6.07) is 20.4. The summed E-state index contributed by atoms with van der Waals surface area (Å²) in [5, 5.41) is 0. The lowest BCUT2D eigenvalue weighted by Crippen LogP contribution is -2.16. The fourth-order valence-electron chi connectivity index (χ4n) is 3.45. The van der Waals surface area contributed by atoms with Crippen LogP contribution in [-0.4, -0.2) is 5.97 Å². The molecule has 0 unspecified atom stereocenters. The molecule has 23 heavy (non-hydrogen) atoms. The van der Waals surface area contributed by atoms with Crippen LogP contribution in [0.4, 0.5) is 0 Å². The maximum absolute atomic E-state index is 12.5. The second-order valence-electron chi connectivity index (χ2n) is 6.78. The van der Waals surface area contributed by atoms with Crippen LogP contribution in [0.2, 0.25) is 0 Å². The molecule has 2 nitrogen and oxygen atoms in total. The van der Waals surface area contributed by atoms with E-state index in [4.69, 9.17) is 4.74 Å². The monoisotopic (exact) mass is 308 g/mol. The molecule has 2 aromatic carbocycles. The molecule has 2 aromatic rings. The summed E-state index contributed by atoms with van der Waals surface area (Å²) < 4.78 is 5.82. The van der Waals surface area contributed by atoms with Gasteiger partial charge < -0.3 is 4.74 Å². The highest BCUT2D eigenvalue weighted by atomic mass is 16.6. The number of hydrogen-bond donors (Lipinski definition) is 0. The molecule has 2 heteroatoms. The first-order valence-corrected chi connectivity index (χ1v) is 8.47. The van der Waals surface area contributed by atoms with E-state index in [0.717, 1.165) is 18.4 Å². The molecule has 0 saturated carbocycles. The van der Waals surface area contributed by atoms with Gasteiger partial charge in [0.05, 0.1) is 5.92 Å². The van der Waals surface area contributed by atoms with Gasteiger partial charge in [-0.3, -0.25) is 4.79 Å². The van der Waals surface area contributed by atoms with Crippen molar-refractivity contribution in [2.24, 2.45) is 11.8 Å². The standard InChI is InChI=1S/C21H24O2/c1-15(2)13-14-18-19(16-9-5-3-6-10-16)20(23-21(18)22)17-11-7-4-8-12-17/h3-12,15,18-20H,13-14H2,1-2H3/t18-,19+,20+/m1/s1. The van der Waals surface area contributed by atoms with E-state index >= 15 is 0 Å². The molecule has 0 bridgehead atoms. The van der Waals surface area contributed by atoms with Crippen LogP contribution in [0.3, 0.4) is 0 Å². The van der Waals surface area contributed by atoms with Crippen LogP contribution >= 0.6 is 0 Å². The Morgan fingerprint density at radius 3 is 2.04 bits per heavy atom. The lowest BCUT2D eigenvalue weighted by molar-refractivity contribution is -0.144. The van der Waals surface area contributed by atoms with Crippen molar-refractivity contribution in [2.45, 2.75) is 38.7 Å². The third-order valence-electron chi connectivity index (χ3n) is 4.67. The zero-order chi connectivity index (χ0) is 16.2. The minimum atomic E-state index is -0.178. The molecule has 1 saturated heterocycles. The summed E-state index contributed by atoms with van der Waals surface area (Å²) in [4.78, 5) is 12.5. The smallest absolute Gasteiger partial charge is 0.310 e. The average molecular weight is 308 g/mol. The molecule has 0 radical (unpaired) electrons. The molecule has 3 atom stereocenters. The third-order valence-corrected chi connectivity index (χ3v) is 4.67. The van der Waals surface area contributed by atoms with E-state index in [-0.39, 0.29) is 23.9 Å². The van der Waals surface area contributed by atoms with E-state index in [0.29, 0.717) is 5.92 Å². The van der Waals surface area contributed by atoms with Crippen LogP contribution in [0.5, 0.6) is 0 Å². The number of esters is 1. The first kappa shape index (κ1) is 15.8. The zero-order valence-corrected chi connectivity index (χ0v) is 13.8. The summed E-state index contributed by atoms with van der Waals surface area (Å²) >= 11 is 0. The van der Waals surface area contributed by atoms with Gasteiger partial charge in [0.1, 0.15) is 6.10 Å². The zero-order valence-electron chi connectivity index (χ0n) is 13.8. The highest BCUT2D eigenvalue weighted by Crippen LogP contribution is 2.47. The summed E-state index contributed by atoms with van der Waals surface area (Å²) in [5.41, 5.74) is 2.28. The van der Waals surface area contributed by atoms with Gasteiger partial charge in [0.15, 0.2) is 0 Å². The van der Waals surface area contributed by atoms with Gasteiger partial charge in [-0.25, -0.2) is 0 Å². The quantitative estimate of drug-likeness (QED) is 0.717. The largest absolute Gasteiger partial charge is 0.457 e. The molecule has 0 amide bonds. The van der Waals surface area contributed by atoms with E-state index < -0.39 is 0 Å². The topological polar surface area (TPSA) is 26.3 Å². The van der Waals surface area contributed by atoms with E-state index in [2.05, 4.69) is 38.1 Å². The van der Waals surface area contributed by atoms with Crippen LogP contribution in [0.1, 0.15) is 49.8 Å². The van der Waals surface area contributed by atoms with Crippen molar-refractivity contribution in [1.82, 2.24) is 0 Å². The van der Waals surface area contributed by atoms with Gasteiger partial charge >= 0.3 is 5.97 Å². The maximum Gasteiger partial charge on any atom is 0.310 e. The van der Waals surface area contributed by atoms with E-state index in [1.165, 1.54) is 5.56 Å². The molecule has 0 N–H and O–H groups in total. The molecule has 1 aliphatic heterocycles. The van der Waals surface area contributed by atoms with Gasteiger partial charge in [-0.1, -0.05) is 80.9 Å².